The summed E-state index contributed by atoms with van der Waals surface area (Å²) >= 11 is 6.75. The Labute approximate surface area is 470 Å². The maximum Gasteiger partial charge on any atom is 0.407 e. The van der Waals surface area contributed by atoms with Crippen molar-refractivity contribution in [3.63, 3.8) is 0 Å². The highest BCUT2D eigenvalue weighted by Crippen LogP contribution is 2.39. The number of amides is 2. The number of aromatic nitrogens is 2. The molecular formula is C50H64Br2F8N10O4S2Si2. The lowest BCUT2D eigenvalue weighted by Crippen LogP contribution is -2.57. The minimum absolute atomic E-state index is 0.151. The lowest BCUT2D eigenvalue weighted by Gasteiger charge is -2.40. The number of carbonyl (C=O) groups is 2. The topological polar surface area (TPSA) is 174 Å². The third-order valence-corrected chi connectivity index (χ3v) is 31.6. The van der Waals surface area contributed by atoms with Crippen molar-refractivity contribution in [3.05, 3.63) is 116 Å². The molecule has 0 spiro atoms. The van der Waals surface area contributed by atoms with Crippen molar-refractivity contribution in [2.75, 3.05) is 38.7 Å². The maximum atomic E-state index is 16.4. The van der Waals surface area contributed by atoms with E-state index in [4.69, 9.17) is 0 Å². The van der Waals surface area contributed by atoms with Crippen molar-refractivity contribution in [2.45, 2.75) is 115 Å². The van der Waals surface area contributed by atoms with Crippen LogP contribution in [-0.2, 0) is 30.9 Å². The average Bonchev–Trinajstić information content (AvgIpc) is 3.39. The zero-order valence-electron chi connectivity index (χ0n) is 44.8. The van der Waals surface area contributed by atoms with E-state index in [1.807, 2.05) is 41.5 Å². The fourth-order valence-electron chi connectivity index (χ4n) is 9.88. The lowest BCUT2D eigenvalue weighted by atomic mass is 10.00. The number of nitrogens with one attached hydrogen (secondary N) is 2. The molecule has 28 heteroatoms. The highest BCUT2D eigenvalue weighted by atomic mass is 79.9. The smallest absolute Gasteiger partial charge is 0.292 e. The van der Waals surface area contributed by atoms with Crippen LogP contribution in [0.15, 0.2) is 101 Å². The van der Waals surface area contributed by atoms with Crippen LogP contribution in [0, 0.1) is 11.6 Å². The van der Waals surface area contributed by atoms with Gasteiger partial charge in [-0.25, -0.2) is 54.5 Å². The predicted molar refractivity (Wildman–Crippen MR) is 303 cm³/mol. The Balaban J connectivity index is 0.000000287. The van der Waals surface area contributed by atoms with Crippen LogP contribution in [0.5, 0.6) is 0 Å². The molecule has 2 aliphatic rings. The van der Waals surface area contributed by atoms with E-state index in [-0.39, 0.29) is 22.5 Å². The molecule has 2 aliphatic heterocycles. The largest absolute Gasteiger partial charge is 0.407 e. The Kier molecular flexibility index (Phi) is 20.6. The zero-order valence-corrected chi connectivity index (χ0v) is 51.6. The van der Waals surface area contributed by atoms with Gasteiger partial charge in [0.25, 0.3) is 11.8 Å². The van der Waals surface area contributed by atoms with Crippen molar-refractivity contribution in [1.82, 2.24) is 29.2 Å². The second-order valence-electron chi connectivity index (χ2n) is 19.2. The summed E-state index contributed by atoms with van der Waals surface area (Å²) in [6.45, 7) is 11.6. The van der Waals surface area contributed by atoms with E-state index in [9.17, 15) is 44.3 Å². The summed E-state index contributed by atoms with van der Waals surface area (Å²) in [5.74, 6) is -5.10. The van der Waals surface area contributed by atoms with Gasteiger partial charge in [0.1, 0.15) is 76.2 Å². The number of guanidine groups is 2. The van der Waals surface area contributed by atoms with E-state index in [1.165, 1.54) is 38.1 Å². The van der Waals surface area contributed by atoms with Gasteiger partial charge in [-0.2, -0.15) is 26.3 Å². The number of pyridine rings is 2. The molecule has 0 saturated carbocycles. The van der Waals surface area contributed by atoms with Crippen LogP contribution >= 0.6 is 31.9 Å². The van der Waals surface area contributed by atoms with Gasteiger partial charge < -0.3 is 0 Å². The molecule has 0 bridgehead atoms. The Hall–Kier alpha value is -4.65. The lowest BCUT2D eigenvalue weighted by molar-refractivity contribution is -0.131. The fraction of sp³-hybridized carbons (Fsp3) is 0.480. The third-order valence-electron chi connectivity index (χ3n) is 14.6. The van der Waals surface area contributed by atoms with Gasteiger partial charge in [0.15, 0.2) is 0 Å². The standard InChI is InChI=1S/2C25H32BrF4N5O2SSi/c2*1-6-39(7-2,8-3)18-14-19(26)32-21(20(18)27)24(4)16-38(37,31-5)35(15-25(28,29)30)23(34-24)33-22(36)17-12-10-9-11-13-17/h2*9-14H,6-8,15-16H2,1-5H3,(H,33,34,36)/t2*24?,38-/m10/s1. The highest BCUT2D eigenvalue weighted by Gasteiger charge is 2.51. The Morgan fingerprint density at radius 2 is 0.897 bits per heavy atom. The second kappa shape index (κ2) is 25.0. The van der Waals surface area contributed by atoms with E-state index in [0.717, 1.165) is 50.4 Å². The van der Waals surface area contributed by atoms with Gasteiger partial charge in [0, 0.05) is 25.2 Å². The number of hydrogen-bond donors (Lipinski definition) is 2. The SMILES string of the molecule is CC[Si](CC)(CC)c1cc(Br)nc(C2(C)C[S@@](=O)(=NC)N(CC(F)(F)F)C(NC(=O)c3ccccc3)=N2)c1F.CC[Si](CC)(CC)c1cc(Br)nc(C2(C)C[S@](=O)(=NC)N(CC(F)(F)F)C(NC(=O)c3ccccc3)=N2)c1F. The molecule has 2 amide bonds. The van der Waals surface area contributed by atoms with Gasteiger partial charge in [0.2, 0.25) is 11.9 Å². The zero-order chi connectivity index (χ0) is 58.5. The summed E-state index contributed by atoms with van der Waals surface area (Å²) in [7, 11) is -10.0. The van der Waals surface area contributed by atoms with Crippen molar-refractivity contribution in [2.24, 2.45) is 18.7 Å². The molecule has 78 heavy (non-hydrogen) atoms. The number of benzene rings is 2. The summed E-state index contributed by atoms with van der Waals surface area (Å²) in [5.41, 5.74) is -3.41. The molecule has 14 nitrogen and oxygen atoms in total. The molecule has 4 heterocycles. The monoisotopic (exact) mass is 1300 g/mol. The summed E-state index contributed by atoms with van der Waals surface area (Å²) in [6, 6.07) is 23.5. The number of alkyl halides is 6. The molecule has 2 aromatic carbocycles. The molecule has 428 valence electrons. The third kappa shape index (κ3) is 13.9. The first-order valence-corrected chi connectivity index (χ1v) is 35.1. The first kappa shape index (κ1) is 64.2. The Morgan fingerprint density at radius 3 is 1.15 bits per heavy atom. The quantitative estimate of drug-likeness (QED) is 0.0722. The molecule has 2 unspecified atom stereocenters. The molecule has 0 saturated heterocycles. The number of aliphatic imine (C=N–C) groups is 2. The number of rotatable bonds is 14. The van der Waals surface area contributed by atoms with E-state index in [1.54, 1.807) is 48.5 Å². The van der Waals surface area contributed by atoms with Crippen molar-refractivity contribution >= 4 is 102 Å². The molecule has 0 fully saturated rings. The van der Waals surface area contributed by atoms with Gasteiger partial charge >= 0.3 is 12.4 Å². The first-order chi connectivity index (χ1) is 36.3. The van der Waals surface area contributed by atoms with Crippen LogP contribution in [-0.4, -0.2) is 118 Å². The molecule has 6 rings (SSSR count). The van der Waals surface area contributed by atoms with Crippen LogP contribution in [0.2, 0.25) is 36.3 Å². The normalized spacial score (nSPS) is 21.9. The molecule has 0 aliphatic carbocycles. The minimum Gasteiger partial charge on any atom is -0.292 e. The fourth-order valence-corrected chi connectivity index (χ4v) is 22.7. The minimum atomic E-state index is -4.79. The Bertz CT molecular complexity index is 2950. The van der Waals surface area contributed by atoms with Crippen LogP contribution in [0.1, 0.15) is 87.5 Å². The van der Waals surface area contributed by atoms with Crippen molar-refractivity contribution in [3.8, 4) is 0 Å². The molecule has 2 aromatic heterocycles. The second-order valence-corrected chi connectivity index (χ2v) is 35.9. The summed E-state index contributed by atoms with van der Waals surface area (Å²) < 4.78 is 152. The summed E-state index contributed by atoms with van der Waals surface area (Å²) in [5, 5.41) is 5.81. The molecular weight excluding hydrogens is 1240 g/mol. The number of halogens is 10. The van der Waals surface area contributed by atoms with Gasteiger partial charge in [-0.3, -0.25) is 20.2 Å². The van der Waals surface area contributed by atoms with Gasteiger partial charge in [-0.1, -0.05) is 114 Å². The van der Waals surface area contributed by atoms with E-state index in [2.05, 4.69) is 71.2 Å². The predicted octanol–water partition coefficient (Wildman–Crippen LogP) is 11.2. The average molecular weight is 1300 g/mol. The summed E-state index contributed by atoms with van der Waals surface area (Å²) in [6.07, 6.45) is -9.58. The van der Waals surface area contributed by atoms with Crippen LogP contribution < -0.4 is 21.0 Å². The Morgan fingerprint density at radius 1 is 0.603 bits per heavy atom. The van der Waals surface area contributed by atoms with Crippen molar-refractivity contribution < 1.29 is 53.1 Å². The number of hydrogen-bond acceptors (Lipinski definition) is 10. The molecule has 4 aromatic rings. The van der Waals surface area contributed by atoms with Gasteiger partial charge in [-0.15, -0.1) is 0 Å². The number of carbonyl (C=O) groups excluding carboxylic acids is 2. The van der Waals surface area contributed by atoms with E-state index >= 15 is 8.78 Å². The van der Waals surface area contributed by atoms with E-state index < -0.39 is 119 Å². The molecule has 4 atom stereocenters. The number of nitrogens with zero attached hydrogens (tertiary/aromatic N) is 8. The van der Waals surface area contributed by atoms with Crippen LogP contribution in [0.3, 0.4) is 0 Å². The van der Waals surface area contributed by atoms with Crippen LogP contribution in [0.4, 0.5) is 35.1 Å². The van der Waals surface area contributed by atoms with Crippen LogP contribution in [0.25, 0.3) is 0 Å². The van der Waals surface area contributed by atoms with Gasteiger partial charge in [0.05, 0.1) is 27.7 Å². The summed E-state index contributed by atoms with van der Waals surface area (Å²) in [4.78, 5) is 43.5. The first-order valence-electron chi connectivity index (χ1n) is 25.0. The maximum absolute atomic E-state index is 16.4. The molecule has 0 radical (unpaired) electrons. The van der Waals surface area contributed by atoms with E-state index in [0.29, 0.717) is 28.2 Å². The highest BCUT2D eigenvalue weighted by molar-refractivity contribution is 9.10. The molecule has 2 N–H and O–H groups in total. The van der Waals surface area contributed by atoms with Gasteiger partial charge in [-0.05, 0) is 92.5 Å². The van der Waals surface area contributed by atoms with Crippen molar-refractivity contribution in [1.29, 1.82) is 0 Å².